The first kappa shape index (κ1) is 14.5. The summed E-state index contributed by atoms with van der Waals surface area (Å²) in [6, 6.07) is 0. The van der Waals surface area contributed by atoms with Gasteiger partial charge in [0.2, 0.25) is 5.91 Å². The van der Waals surface area contributed by atoms with Crippen LogP contribution in [0.3, 0.4) is 0 Å². The molecule has 3 unspecified atom stereocenters. The molecule has 0 heterocycles. The number of methoxy groups -OCH3 is 1. The first-order valence-electron chi connectivity index (χ1n) is 6.58. The predicted octanol–water partition coefficient (Wildman–Crippen LogP) is 1.33. The van der Waals surface area contributed by atoms with Gasteiger partial charge in [-0.2, -0.15) is 0 Å². The Kier molecular flexibility index (Phi) is 6.52. The molecule has 0 aromatic carbocycles. The van der Waals surface area contributed by atoms with Gasteiger partial charge in [-0.25, -0.2) is 0 Å². The predicted molar refractivity (Wildman–Crippen MR) is 66.6 cm³/mol. The topological polar surface area (TPSA) is 58.6 Å². The van der Waals surface area contributed by atoms with Gasteiger partial charge in [0.25, 0.3) is 0 Å². The summed E-state index contributed by atoms with van der Waals surface area (Å²) in [5.74, 6) is 0.998. The molecule has 0 bridgehead atoms. The molecule has 1 aliphatic rings. The zero-order valence-corrected chi connectivity index (χ0v) is 10.9. The van der Waals surface area contributed by atoms with Gasteiger partial charge in [-0.1, -0.05) is 19.8 Å². The van der Waals surface area contributed by atoms with E-state index in [1.807, 2.05) is 0 Å². The fraction of sp³-hybridized carbons (Fsp3) is 0.923. The summed E-state index contributed by atoms with van der Waals surface area (Å²) in [4.78, 5) is 11.9. The number of nitrogens with one attached hydrogen (secondary N) is 1. The first-order chi connectivity index (χ1) is 8.13. The highest BCUT2D eigenvalue weighted by atomic mass is 16.5. The fourth-order valence-electron chi connectivity index (χ4n) is 2.45. The second-order valence-electron chi connectivity index (χ2n) is 5.16. The Balaban J connectivity index is 2.16. The maximum absolute atomic E-state index is 11.9. The summed E-state index contributed by atoms with van der Waals surface area (Å²) in [6.07, 6.45) is 4.50. The zero-order chi connectivity index (χ0) is 12.7. The second-order valence-corrected chi connectivity index (χ2v) is 5.16. The van der Waals surface area contributed by atoms with Crippen molar-refractivity contribution in [2.45, 2.75) is 45.1 Å². The Labute approximate surface area is 104 Å². The summed E-state index contributed by atoms with van der Waals surface area (Å²) in [5.41, 5.74) is 0. The maximum atomic E-state index is 11.9. The van der Waals surface area contributed by atoms with Crippen LogP contribution in [0.4, 0.5) is 0 Å². The Morgan fingerprint density at radius 2 is 2.29 bits per heavy atom. The van der Waals surface area contributed by atoms with Gasteiger partial charge in [0.15, 0.2) is 0 Å². The number of ether oxygens (including phenoxy) is 1. The normalized spacial score (nSPS) is 26.5. The average Bonchev–Trinajstić information content (AvgIpc) is 2.29. The molecule has 0 radical (unpaired) electrons. The minimum Gasteiger partial charge on any atom is -0.391 e. The molecule has 0 aromatic rings. The molecule has 4 heteroatoms. The lowest BCUT2D eigenvalue weighted by Gasteiger charge is -2.25. The molecule has 1 amide bonds. The van der Waals surface area contributed by atoms with Crippen molar-refractivity contribution < 1.29 is 14.6 Å². The summed E-state index contributed by atoms with van der Waals surface area (Å²) in [7, 11) is 1.56. The standard InChI is InChI=1S/C13H25NO3/c1-10-4-3-5-11(8-10)13(16)14-7-6-12(15)9-17-2/h10-12,15H,3-9H2,1-2H3,(H,14,16). The molecule has 1 fully saturated rings. The van der Waals surface area contributed by atoms with Crippen LogP contribution in [0.5, 0.6) is 0 Å². The molecule has 3 atom stereocenters. The Hall–Kier alpha value is -0.610. The summed E-state index contributed by atoms with van der Waals surface area (Å²) < 4.78 is 4.83. The van der Waals surface area contributed by atoms with Gasteiger partial charge < -0.3 is 15.2 Å². The second kappa shape index (κ2) is 7.67. The van der Waals surface area contributed by atoms with E-state index in [2.05, 4.69) is 12.2 Å². The summed E-state index contributed by atoms with van der Waals surface area (Å²) >= 11 is 0. The van der Waals surface area contributed by atoms with Crippen LogP contribution in [0.25, 0.3) is 0 Å². The van der Waals surface area contributed by atoms with Gasteiger partial charge in [-0.15, -0.1) is 0 Å². The van der Waals surface area contributed by atoms with Gasteiger partial charge >= 0.3 is 0 Å². The molecular weight excluding hydrogens is 218 g/mol. The fourth-order valence-corrected chi connectivity index (χ4v) is 2.45. The molecule has 1 rings (SSSR count). The lowest BCUT2D eigenvalue weighted by Crippen LogP contribution is -2.35. The number of amides is 1. The van der Waals surface area contributed by atoms with Crippen LogP contribution >= 0.6 is 0 Å². The largest absolute Gasteiger partial charge is 0.391 e. The molecular formula is C13H25NO3. The van der Waals surface area contributed by atoms with E-state index in [4.69, 9.17) is 4.74 Å². The van der Waals surface area contributed by atoms with E-state index in [1.165, 1.54) is 6.42 Å². The van der Waals surface area contributed by atoms with Crippen molar-refractivity contribution in [2.75, 3.05) is 20.3 Å². The van der Waals surface area contributed by atoms with Crippen molar-refractivity contribution in [3.63, 3.8) is 0 Å². The van der Waals surface area contributed by atoms with Crippen LogP contribution in [0.15, 0.2) is 0 Å². The van der Waals surface area contributed by atoms with E-state index < -0.39 is 6.10 Å². The lowest BCUT2D eigenvalue weighted by atomic mass is 9.82. The SMILES string of the molecule is COCC(O)CCNC(=O)C1CCCC(C)C1. The minimum absolute atomic E-state index is 0.154. The average molecular weight is 243 g/mol. The molecule has 100 valence electrons. The molecule has 0 saturated heterocycles. The Bertz CT molecular complexity index is 233. The molecule has 17 heavy (non-hydrogen) atoms. The molecule has 1 saturated carbocycles. The van der Waals surface area contributed by atoms with E-state index in [0.717, 1.165) is 19.3 Å². The lowest BCUT2D eigenvalue weighted by molar-refractivity contribution is -0.126. The molecule has 2 N–H and O–H groups in total. The summed E-state index contributed by atoms with van der Waals surface area (Å²) in [6.45, 7) is 3.08. The number of hydrogen-bond donors (Lipinski definition) is 2. The minimum atomic E-state index is -0.481. The molecule has 0 spiro atoms. The van der Waals surface area contributed by atoms with E-state index >= 15 is 0 Å². The maximum Gasteiger partial charge on any atom is 0.223 e. The monoisotopic (exact) mass is 243 g/mol. The van der Waals surface area contributed by atoms with Crippen LogP contribution in [-0.4, -0.2) is 37.4 Å². The van der Waals surface area contributed by atoms with Crippen molar-refractivity contribution in [1.82, 2.24) is 5.32 Å². The molecule has 4 nitrogen and oxygen atoms in total. The van der Waals surface area contributed by atoms with E-state index in [0.29, 0.717) is 25.5 Å². The zero-order valence-electron chi connectivity index (χ0n) is 10.9. The number of carbonyl (C=O) groups excluding carboxylic acids is 1. The Morgan fingerprint density at radius 1 is 1.53 bits per heavy atom. The quantitative estimate of drug-likeness (QED) is 0.740. The molecule has 1 aliphatic carbocycles. The van der Waals surface area contributed by atoms with Crippen LogP contribution in [0.2, 0.25) is 0 Å². The van der Waals surface area contributed by atoms with Gasteiger partial charge in [-0.05, 0) is 25.2 Å². The number of carbonyl (C=O) groups is 1. The van der Waals surface area contributed by atoms with Crippen LogP contribution in [0.1, 0.15) is 39.0 Å². The highest BCUT2D eigenvalue weighted by Gasteiger charge is 2.24. The van der Waals surface area contributed by atoms with Crippen LogP contribution in [-0.2, 0) is 9.53 Å². The first-order valence-corrected chi connectivity index (χ1v) is 6.58. The number of aliphatic hydroxyl groups is 1. The van der Waals surface area contributed by atoms with Crippen molar-refractivity contribution in [3.8, 4) is 0 Å². The van der Waals surface area contributed by atoms with Crippen molar-refractivity contribution in [3.05, 3.63) is 0 Å². The van der Waals surface area contributed by atoms with Gasteiger partial charge in [-0.3, -0.25) is 4.79 Å². The third kappa shape index (κ3) is 5.50. The number of hydrogen-bond acceptors (Lipinski definition) is 3. The van der Waals surface area contributed by atoms with Gasteiger partial charge in [0.05, 0.1) is 12.7 Å². The number of aliphatic hydroxyl groups excluding tert-OH is 1. The highest BCUT2D eigenvalue weighted by Crippen LogP contribution is 2.28. The molecule has 0 aliphatic heterocycles. The van der Waals surface area contributed by atoms with Gasteiger partial charge in [0, 0.05) is 19.6 Å². The third-order valence-corrected chi connectivity index (χ3v) is 3.44. The van der Waals surface area contributed by atoms with Crippen LogP contribution < -0.4 is 5.32 Å². The Morgan fingerprint density at radius 3 is 2.94 bits per heavy atom. The van der Waals surface area contributed by atoms with Crippen molar-refractivity contribution in [1.29, 1.82) is 0 Å². The third-order valence-electron chi connectivity index (χ3n) is 3.44. The smallest absolute Gasteiger partial charge is 0.223 e. The van der Waals surface area contributed by atoms with Crippen LogP contribution in [0, 0.1) is 11.8 Å². The van der Waals surface area contributed by atoms with Crippen molar-refractivity contribution >= 4 is 5.91 Å². The van der Waals surface area contributed by atoms with Gasteiger partial charge in [0.1, 0.15) is 0 Å². The summed E-state index contributed by atoms with van der Waals surface area (Å²) in [5, 5.41) is 12.3. The number of rotatable bonds is 6. The van der Waals surface area contributed by atoms with E-state index in [9.17, 15) is 9.90 Å². The highest BCUT2D eigenvalue weighted by molar-refractivity contribution is 5.78. The molecule has 0 aromatic heterocycles. The van der Waals surface area contributed by atoms with E-state index in [-0.39, 0.29) is 11.8 Å². The van der Waals surface area contributed by atoms with E-state index in [1.54, 1.807) is 7.11 Å². The van der Waals surface area contributed by atoms with Crippen molar-refractivity contribution in [2.24, 2.45) is 11.8 Å².